The van der Waals surface area contributed by atoms with Crippen molar-refractivity contribution in [2.45, 2.75) is 53.6 Å². The van der Waals surface area contributed by atoms with Gasteiger partial charge < -0.3 is 5.32 Å². The van der Waals surface area contributed by atoms with Crippen molar-refractivity contribution in [2.24, 2.45) is 5.41 Å². The summed E-state index contributed by atoms with van der Waals surface area (Å²) in [5.74, 6) is 0.920. The third kappa shape index (κ3) is 3.27. The highest BCUT2D eigenvalue weighted by Crippen LogP contribution is 2.23. The van der Waals surface area contributed by atoms with E-state index in [2.05, 4.69) is 55.5 Å². The molecule has 0 fully saturated rings. The molecule has 0 aliphatic heterocycles. The van der Waals surface area contributed by atoms with Crippen molar-refractivity contribution in [3.8, 4) is 0 Å². The van der Waals surface area contributed by atoms with Crippen molar-refractivity contribution in [2.75, 3.05) is 6.54 Å². The van der Waals surface area contributed by atoms with Crippen LogP contribution in [0, 0.1) is 5.41 Å². The zero-order chi connectivity index (χ0) is 12.2. The van der Waals surface area contributed by atoms with Crippen LogP contribution >= 0.6 is 0 Å². The molecule has 92 valence electrons. The van der Waals surface area contributed by atoms with Gasteiger partial charge in [-0.25, -0.2) is 4.68 Å². The van der Waals surface area contributed by atoms with E-state index in [1.54, 1.807) is 0 Å². The van der Waals surface area contributed by atoms with Gasteiger partial charge in [0.2, 0.25) is 0 Å². The average Bonchev–Trinajstić information content (AvgIpc) is 2.65. The number of aromatic nitrogens is 4. The summed E-state index contributed by atoms with van der Waals surface area (Å²) in [6, 6.07) is 0.202. The van der Waals surface area contributed by atoms with Gasteiger partial charge in [0.25, 0.3) is 0 Å². The van der Waals surface area contributed by atoms with Crippen molar-refractivity contribution >= 4 is 0 Å². The molecule has 1 aromatic rings. The molecule has 0 aromatic carbocycles. The minimum Gasteiger partial charge on any atom is -0.308 e. The Hall–Kier alpha value is -0.970. The quantitative estimate of drug-likeness (QED) is 0.801. The minimum atomic E-state index is 0.202. The molecule has 1 rings (SSSR count). The summed E-state index contributed by atoms with van der Waals surface area (Å²) in [5, 5.41) is 15.3. The van der Waals surface area contributed by atoms with Gasteiger partial charge in [0.15, 0.2) is 5.82 Å². The first-order valence-corrected chi connectivity index (χ1v) is 5.99. The van der Waals surface area contributed by atoms with Crippen LogP contribution in [0.5, 0.6) is 0 Å². The fourth-order valence-corrected chi connectivity index (χ4v) is 1.55. The summed E-state index contributed by atoms with van der Waals surface area (Å²) in [4.78, 5) is 0. The predicted octanol–water partition coefficient (Wildman–Crippen LogP) is 1.78. The van der Waals surface area contributed by atoms with Crippen LogP contribution in [-0.4, -0.2) is 26.8 Å². The Morgan fingerprint density at radius 1 is 1.38 bits per heavy atom. The van der Waals surface area contributed by atoms with Gasteiger partial charge in [0.1, 0.15) is 0 Å². The highest BCUT2D eigenvalue weighted by molar-refractivity contribution is 4.90. The van der Waals surface area contributed by atoms with Crippen LogP contribution < -0.4 is 5.32 Å². The van der Waals surface area contributed by atoms with E-state index in [0.29, 0.717) is 0 Å². The van der Waals surface area contributed by atoms with Crippen molar-refractivity contribution in [1.29, 1.82) is 0 Å². The Morgan fingerprint density at radius 2 is 2.06 bits per heavy atom. The number of hydrogen-bond donors (Lipinski definition) is 1. The molecule has 16 heavy (non-hydrogen) atoms. The third-order valence-electron chi connectivity index (χ3n) is 2.99. The summed E-state index contributed by atoms with van der Waals surface area (Å²) < 4.78 is 1.91. The van der Waals surface area contributed by atoms with Crippen LogP contribution in [0.1, 0.15) is 52.9 Å². The van der Waals surface area contributed by atoms with Crippen molar-refractivity contribution in [3.05, 3.63) is 5.82 Å². The van der Waals surface area contributed by atoms with Crippen LogP contribution in [0.4, 0.5) is 0 Å². The van der Waals surface area contributed by atoms with Gasteiger partial charge in [-0.2, -0.15) is 0 Å². The second kappa shape index (κ2) is 5.39. The Labute approximate surface area is 97.6 Å². The average molecular weight is 225 g/mol. The Balaban J connectivity index is 2.78. The van der Waals surface area contributed by atoms with Crippen LogP contribution in [0.25, 0.3) is 0 Å². The lowest BCUT2D eigenvalue weighted by molar-refractivity contribution is 0.269. The molecule has 1 heterocycles. The molecule has 5 heteroatoms. The van der Waals surface area contributed by atoms with Crippen molar-refractivity contribution in [3.63, 3.8) is 0 Å². The number of nitrogens with zero attached hydrogens (tertiary/aromatic N) is 4. The Kier molecular flexibility index (Phi) is 4.41. The summed E-state index contributed by atoms with van der Waals surface area (Å²) in [6.45, 7) is 12.6. The molecule has 1 N–H and O–H groups in total. The predicted molar refractivity (Wildman–Crippen MR) is 64.0 cm³/mol. The normalized spacial score (nSPS) is 14.1. The van der Waals surface area contributed by atoms with Gasteiger partial charge >= 0.3 is 0 Å². The number of nitrogens with one attached hydrogen (secondary N) is 1. The molecule has 0 aliphatic rings. The molecule has 0 saturated carbocycles. The molecule has 0 saturated heterocycles. The zero-order valence-electron chi connectivity index (χ0n) is 11.0. The van der Waals surface area contributed by atoms with Crippen molar-refractivity contribution in [1.82, 2.24) is 25.5 Å². The van der Waals surface area contributed by atoms with Gasteiger partial charge in [-0.3, -0.25) is 0 Å². The van der Waals surface area contributed by atoms with E-state index in [1.165, 1.54) is 0 Å². The van der Waals surface area contributed by atoms with Crippen LogP contribution in [0.15, 0.2) is 0 Å². The fraction of sp³-hybridized carbons (Fsp3) is 0.909. The van der Waals surface area contributed by atoms with E-state index in [1.807, 2.05) is 4.68 Å². The summed E-state index contributed by atoms with van der Waals surface area (Å²) in [7, 11) is 0. The molecule has 5 nitrogen and oxygen atoms in total. The van der Waals surface area contributed by atoms with Gasteiger partial charge in [-0.15, -0.1) is 5.10 Å². The number of hydrogen-bond acceptors (Lipinski definition) is 4. The number of tetrazole rings is 1. The van der Waals surface area contributed by atoms with Gasteiger partial charge in [-0.1, -0.05) is 27.7 Å². The standard InChI is InChI=1S/C11H23N5/c1-6-11(4,5)8-16-10(13-14-15-16)9(3)12-7-2/h9,12H,6-8H2,1-5H3. The van der Waals surface area contributed by atoms with Gasteiger partial charge in [0.05, 0.1) is 6.04 Å². The van der Waals surface area contributed by atoms with Crippen LogP contribution in [-0.2, 0) is 6.54 Å². The van der Waals surface area contributed by atoms with Crippen molar-refractivity contribution < 1.29 is 0 Å². The zero-order valence-corrected chi connectivity index (χ0v) is 11.0. The van der Waals surface area contributed by atoms with E-state index in [0.717, 1.165) is 25.3 Å². The largest absolute Gasteiger partial charge is 0.308 e. The molecular formula is C11H23N5. The van der Waals surface area contributed by atoms with E-state index in [9.17, 15) is 0 Å². The summed E-state index contributed by atoms with van der Waals surface area (Å²) in [6.07, 6.45) is 1.11. The lowest BCUT2D eigenvalue weighted by atomic mass is 9.90. The molecule has 0 radical (unpaired) electrons. The first kappa shape index (κ1) is 13.1. The molecule has 1 atom stereocenters. The fourth-order valence-electron chi connectivity index (χ4n) is 1.55. The molecule has 0 aliphatic carbocycles. The second-order valence-electron chi connectivity index (χ2n) is 4.99. The highest BCUT2D eigenvalue weighted by Gasteiger charge is 2.21. The van der Waals surface area contributed by atoms with Gasteiger partial charge in [-0.05, 0) is 35.7 Å². The Morgan fingerprint density at radius 3 is 2.62 bits per heavy atom. The van der Waals surface area contributed by atoms with E-state index < -0.39 is 0 Å². The first-order valence-electron chi connectivity index (χ1n) is 5.99. The van der Waals surface area contributed by atoms with E-state index in [-0.39, 0.29) is 11.5 Å². The SMILES string of the molecule is CCNC(C)c1nnnn1CC(C)(C)CC. The topological polar surface area (TPSA) is 55.6 Å². The maximum absolute atomic E-state index is 4.09. The lowest BCUT2D eigenvalue weighted by Crippen LogP contribution is -2.26. The monoisotopic (exact) mass is 225 g/mol. The molecule has 0 amide bonds. The van der Waals surface area contributed by atoms with Gasteiger partial charge in [0, 0.05) is 6.54 Å². The van der Waals surface area contributed by atoms with E-state index >= 15 is 0 Å². The number of rotatable bonds is 6. The highest BCUT2D eigenvalue weighted by atomic mass is 15.5. The second-order valence-corrected chi connectivity index (χ2v) is 4.99. The Bertz CT molecular complexity index is 318. The third-order valence-corrected chi connectivity index (χ3v) is 2.99. The lowest BCUT2D eigenvalue weighted by Gasteiger charge is -2.23. The first-order chi connectivity index (χ1) is 7.50. The molecule has 1 unspecified atom stereocenters. The smallest absolute Gasteiger partial charge is 0.167 e. The summed E-state index contributed by atoms with van der Waals surface area (Å²) in [5.41, 5.74) is 0.232. The molecule has 0 bridgehead atoms. The molecular weight excluding hydrogens is 202 g/mol. The maximum Gasteiger partial charge on any atom is 0.167 e. The maximum atomic E-state index is 4.09. The summed E-state index contributed by atoms with van der Waals surface area (Å²) >= 11 is 0. The van der Waals surface area contributed by atoms with E-state index in [4.69, 9.17) is 0 Å². The molecule has 1 aromatic heterocycles. The minimum absolute atomic E-state index is 0.202. The molecule has 0 spiro atoms. The van der Waals surface area contributed by atoms with Crippen LogP contribution in [0.2, 0.25) is 0 Å². The van der Waals surface area contributed by atoms with Crippen LogP contribution in [0.3, 0.4) is 0 Å².